The molecule has 120 valence electrons. The molecule has 0 saturated heterocycles. The van der Waals surface area contributed by atoms with Gasteiger partial charge in [0.15, 0.2) is 0 Å². The number of hydrogen-bond donors (Lipinski definition) is 2. The fourth-order valence-corrected chi connectivity index (χ4v) is 2.82. The van der Waals surface area contributed by atoms with Gasteiger partial charge in [-0.15, -0.1) is 6.58 Å². The van der Waals surface area contributed by atoms with E-state index in [1.54, 1.807) is 18.5 Å². The van der Waals surface area contributed by atoms with E-state index in [2.05, 4.69) is 21.6 Å². The average Bonchev–Trinajstić information content (AvgIpc) is 2.59. The van der Waals surface area contributed by atoms with Gasteiger partial charge in [0, 0.05) is 31.0 Å². The molecule has 0 aliphatic heterocycles. The lowest BCUT2D eigenvalue weighted by atomic mass is 10.2. The van der Waals surface area contributed by atoms with E-state index in [-0.39, 0.29) is 17.3 Å². The van der Waals surface area contributed by atoms with E-state index in [1.165, 1.54) is 30.3 Å². The molecule has 1 aromatic carbocycles. The number of carbonyl (C=O) groups excluding carboxylic acids is 1. The Hall–Kier alpha value is -2.51. The number of hydrogen-bond acceptors (Lipinski definition) is 4. The van der Waals surface area contributed by atoms with Gasteiger partial charge in [-0.05, 0) is 35.9 Å². The quantitative estimate of drug-likeness (QED) is 0.752. The minimum absolute atomic E-state index is 0.100. The highest BCUT2D eigenvalue weighted by Gasteiger charge is 2.13. The third kappa shape index (κ3) is 4.73. The van der Waals surface area contributed by atoms with Crippen molar-refractivity contribution in [2.24, 2.45) is 0 Å². The molecule has 0 unspecified atom stereocenters. The number of nitrogens with one attached hydrogen (secondary N) is 2. The van der Waals surface area contributed by atoms with E-state index >= 15 is 0 Å². The van der Waals surface area contributed by atoms with E-state index in [4.69, 9.17) is 0 Å². The van der Waals surface area contributed by atoms with E-state index in [1.807, 2.05) is 6.07 Å². The van der Waals surface area contributed by atoms with Gasteiger partial charge in [-0.1, -0.05) is 12.1 Å². The van der Waals surface area contributed by atoms with Gasteiger partial charge in [0.2, 0.25) is 10.0 Å². The Bertz CT molecular complexity index is 772. The first-order chi connectivity index (χ1) is 11.0. The van der Waals surface area contributed by atoms with Crippen molar-refractivity contribution >= 4 is 15.9 Å². The smallest absolute Gasteiger partial charge is 0.251 e. The molecule has 0 saturated carbocycles. The van der Waals surface area contributed by atoms with Crippen molar-refractivity contribution in [3.05, 3.63) is 72.6 Å². The molecule has 0 spiro atoms. The van der Waals surface area contributed by atoms with Gasteiger partial charge in [0.25, 0.3) is 5.91 Å². The van der Waals surface area contributed by atoms with Crippen LogP contribution in [-0.4, -0.2) is 25.9 Å². The van der Waals surface area contributed by atoms with Crippen molar-refractivity contribution in [2.45, 2.75) is 11.4 Å². The predicted octanol–water partition coefficient (Wildman–Crippen LogP) is 1.48. The molecule has 0 atom stereocenters. The second kappa shape index (κ2) is 7.66. The maximum absolute atomic E-state index is 12.0. The van der Waals surface area contributed by atoms with E-state index in [9.17, 15) is 13.2 Å². The summed E-state index contributed by atoms with van der Waals surface area (Å²) in [5.41, 5.74) is 1.27. The Morgan fingerprint density at radius 1 is 1.22 bits per heavy atom. The molecular formula is C16H17N3O3S. The molecule has 6 nitrogen and oxygen atoms in total. The number of nitrogens with zero attached hydrogens (tertiary/aromatic N) is 1. The molecule has 0 aliphatic carbocycles. The highest BCUT2D eigenvalue weighted by molar-refractivity contribution is 7.89. The third-order valence-electron chi connectivity index (χ3n) is 3.02. The topological polar surface area (TPSA) is 88.2 Å². The van der Waals surface area contributed by atoms with Crippen LogP contribution < -0.4 is 10.0 Å². The number of carbonyl (C=O) groups is 1. The van der Waals surface area contributed by atoms with Crippen molar-refractivity contribution in [3.8, 4) is 0 Å². The highest BCUT2D eigenvalue weighted by Crippen LogP contribution is 2.10. The zero-order valence-corrected chi connectivity index (χ0v) is 13.2. The first-order valence-electron chi connectivity index (χ1n) is 6.90. The molecule has 2 N–H and O–H groups in total. The summed E-state index contributed by atoms with van der Waals surface area (Å²) in [6, 6.07) is 9.38. The second-order valence-corrected chi connectivity index (χ2v) is 6.48. The van der Waals surface area contributed by atoms with Gasteiger partial charge in [-0.25, -0.2) is 13.1 Å². The molecule has 1 aromatic heterocycles. The largest absolute Gasteiger partial charge is 0.348 e. The minimum Gasteiger partial charge on any atom is -0.348 e. The third-order valence-corrected chi connectivity index (χ3v) is 4.46. The average molecular weight is 331 g/mol. The molecule has 0 fully saturated rings. The molecule has 2 rings (SSSR count). The Labute approximate surface area is 135 Å². The summed E-state index contributed by atoms with van der Waals surface area (Å²) in [6.45, 7) is 3.96. The Morgan fingerprint density at radius 2 is 1.96 bits per heavy atom. The van der Waals surface area contributed by atoms with Crippen LogP contribution in [0.2, 0.25) is 0 Å². The summed E-state index contributed by atoms with van der Waals surface area (Å²) in [5.74, 6) is -0.281. The van der Waals surface area contributed by atoms with Crippen molar-refractivity contribution in [1.82, 2.24) is 15.0 Å². The lowest BCUT2D eigenvalue weighted by Crippen LogP contribution is -2.24. The fourth-order valence-electron chi connectivity index (χ4n) is 1.82. The van der Waals surface area contributed by atoms with Gasteiger partial charge in [0.1, 0.15) is 0 Å². The highest BCUT2D eigenvalue weighted by atomic mass is 32.2. The lowest BCUT2D eigenvalue weighted by molar-refractivity contribution is 0.0951. The standard InChI is InChI=1S/C16H17N3O3S/c1-2-9-19-23(21,22)15-7-5-14(6-8-15)16(20)18-12-13-4-3-10-17-11-13/h2-8,10-11,19H,1,9,12H2,(H,18,20). The zero-order chi connectivity index (χ0) is 16.7. The molecule has 1 amide bonds. The Kier molecular flexibility index (Phi) is 5.61. The van der Waals surface area contributed by atoms with Gasteiger partial charge >= 0.3 is 0 Å². The van der Waals surface area contributed by atoms with Crippen molar-refractivity contribution in [1.29, 1.82) is 0 Å². The molecule has 23 heavy (non-hydrogen) atoms. The SMILES string of the molecule is C=CCNS(=O)(=O)c1ccc(C(=O)NCc2cccnc2)cc1. The molecule has 0 radical (unpaired) electrons. The van der Waals surface area contributed by atoms with E-state index in [0.717, 1.165) is 5.56 Å². The molecule has 7 heteroatoms. The van der Waals surface area contributed by atoms with Crippen LogP contribution >= 0.6 is 0 Å². The van der Waals surface area contributed by atoms with Crippen LogP contribution in [0, 0.1) is 0 Å². The van der Waals surface area contributed by atoms with Crippen LogP contribution in [0.15, 0.2) is 66.3 Å². The molecule has 2 aromatic rings. The normalized spacial score (nSPS) is 11.0. The maximum Gasteiger partial charge on any atom is 0.251 e. The molecule has 0 bridgehead atoms. The van der Waals surface area contributed by atoms with Crippen LogP contribution in [0.3, 0.4) is 0 Å². The first kappa shape index (κ1) is 16.9. The molecule has 0 aliphatic rings. The lowest BCUT2D eigenvalue weighted by Gasteiger charge is -2.07. The maximum atomic E-state index is 12.0. The predicted molar refractivity (Wildman–Crippen MR) is 87.2 cm³/mol. The zero-order valence-electron chi connectivity index (χ0n) is 12.4. The summed E-state index contributed by atoms with van der Waals surface area (Å²) in [5, 5.41) is 2.75. The van der Waals surface area contributed by atoms with Gasteiger partial charge in [0.05, 0.1) is 4.90 Å². The summed E-state index contributed by atoms with van der Waals surface area (Å²) in [6.07, 6.45) is 4.78. The van der Waals surface area contributed by atoms with Gasteiger partial charge in [-0.3, -0.25) is 9.78 Å². The second-order valence-electron chi connectivity index (χ2n) is 4.71. The number of aromatic nitrogens is 1. The van der Waals surface area contributed by atoms with Crippen LogP contribution in [0.25, 0.3) is 0 Å². The minimum atomic E-state index is -3.58. The number of pyridine rings is 1. The Balaban J connectivity index is 2.01. The number of amides is 1. The van der Waals surface area contributed by atoms with Crippen molar-refractivity contribution in [3.63, 3.8) is 0 Å². The van der Waals surface area contributed by atoms with Gasteiger partial charge in [-0.2, -0.15) is 0 Å². The Morgan fingerprint density at radius 3 is 2.57 bits per heavy atom. The number of rotatable bonds is 7. The summed E-state index contributed by atoms with van der Waals surface area (Å²) >= 11 is 0. The first-order valence-corrected chi connectivity index (χ1v) is 8.39. The van der Waals surface area contributed by atoms with Crippen LogP contribution in [0.4, 0.5) is 0 Å². The monoisotopic (exact) mass is 331 g/mol. The molecule has 1 heterocycles. The van der Waals surface area contributed by atoms with Crippen LogP contribution in [-0.2, 0) is 16.6 Å². The summed E-state index contributed by atoms with van der Waals surface area (Å²) < 4.78 is 26.2. The van der Waals surface area contributed by atoms with E-state index < -0.39 is 10.0 Å². The van der Waals surface area contributed by atoms with Gasteiger partial charge < -0.3 is 5.32 Å². The number of sulfonamides is 1. The van der Waals surface area contributed by atoms with Crippen LogP contribution in [0.5, 0.6) is 0 Å². The molecular weight excluding hydrogens is 314 g/mol. The number of benzene rings is 1. The van der Waals surface area contributed by atoms with Crippen LogP contribution in [0.1, 0.15) is 15.9 Å². The van der Waals surface area contributed by atoms with Crippen molar-refractivity contribution in [2.75, 3.05) is 6.54 Å². The fraction of sp³-hybridized carbons (Fsp3) is 0.125. The summed E-state index contributed by atoms with van der Waals surface area (Å²) in [7, 11) is -3.58. The van der Waals surface area contributed by atoms with E-state index in [0.29, 0.717) is 12.1 Å². The summed E-state index contributed by atoms with van der Waals surface area (Å²) in [4.78, 5) is 16.1. The van der Waals surface area contributed by atoms with Crippen molar-refractivity contribution < 1.29 is 13.2 Å².